The van der Waals surface area contributed by atoms with Crippen molar-refractivity contribution in [3.05, 3.63) is 131 Å². The summed E-state index contributed by atoms with van der Waals surface area (Å²) in [7, 11) is 0. The van der Waals surface area contributed by atoms with Crippen LogP contribution < -0.4 is 5.32 Å². The third-order valence-corrected chi connectivity index (χ3v) is 7.12. The second kappa shape index (κ2) is 10.1. The number of aryl methyl sites for hydroxylation is 1. The summed E-state index contributed by atoms with van der Waals surface area (Å²) in [4.78, 5) is 15.7. The number of carbonyl (C=O) groups excluding carboxylic acids is 1. The molecule has 0 spiro atoms. The van der Waals surface area contributed by atoms with E-state index in [-0.39, 0.29) is 12.2 Å². The van der Waals surface area contributed by atoms with Crippen molar-refractivity contribution in [3.63, 3.8) is 0 Å². The molecule has 1 aliphatic rings. The molecule has 6 rings (SSSR count). The van der Waals surface area contributed by atoms with Gasteiger partial charge in [-0.1, -0.05) is 61.5 Å². The van der Waals surface area contributed by atoms with E-state index in [1.54, 1.807) is 4.90 Å². The van der Waals surface area contributed by atoms with Gasteiger partial charge < -0.3 is 14.8 Å². The standard InChI is InChI=1S/C31H26F3N5O/c1-2-26-25-20-38(30(40)35-23-14-9-13-22(19-23)31(32,33)34)28(21-11-5-3-6-12-21)27-17-10-18-37(27)29(25)39(36-26)24-15-7-4-8-16-24/h3-19,28H,2,20H2,1H3,(H,35,40)/t28-/m1/s1. The van der Waals surface area contributed by atoms with Crippen LogP contribution in [0, 0.1) is 0 Å². The summed E-state index contributed by atoms with van der Waals surface area (Å²) in [5.74, 6) is 0.832. The highest BCUT2D eigenvalue weighted by Crippen LogP contribution is 2.39. The van der Waals surface area contributed by atoms with Crippen LogP contribution in [0.15, 0.2) is 103 Å². The van der Waals surface area contributed by atoms with Crippen molar-refractivity contribution in [1.82, 2.24) is 19.2 Å². The molecular weight excluding hydrogens is 515 g/mol. The van der Waals surface area contributed by atoms with E-state index in [2.05, 4.69) is 9.88 Å². The first-order valence-corrected chi connectivity index (χ1v) is 13.0. The predicted molar refractivity (Wildman–Crippen MR) is 147 cm³/mol. The lowest BCUT2D eigenvalue weighted by molar-refractivity contribution is -0.137. The lowest BCUT2D eigenvalue weighted by Gasteiger charge is -2.31. The number of urea groups is 1. The van der Waals surface area contributed by atoms with Gasteiger partial charge in [-0.2, -0.15) is 18.3 Å². The first kappa shape index (κ1) is 25.5. The lowest BCUT2D eigenvalue weighted by atomic mass is 10.0. The van der Waals surface area contributed by atoms with Gasteiger partial charge in [0.05, 0.1) is 35.2 Å². The number of hydrogen-bond acceptors (Lipinski definition) is 2. The number of amides is 2. The van der Waals surface area contributed by atoms with Gasteiger partial charge in [-0.15, -0.1) is 0 Å². The van der Waals surface area contributed by atoms with E-state index in [9.17, 15) is 18.0 Å². The minimum atomic E-state index is -4.52. The number of carbonyl (C=O) groups is 1. The van der Waals surface area contributed by atoms with Crippen molar-refractivity contribution >= 4 is 11.7 Å². The van der Waals surface area contributed by atoms with E-state index in [1.807, 2.05) is 90.6 Å². The van der Waals surface area contributed by atoms with E-state index in [0.717, 1.165) is 46.2 Å². The molecule has 1 N–H and O–H groups in total. The molecule has 1 aliphatic heterocycles. The van der Waals surface area contributed by atoms with Crippen molar-refractivity contribution in [3.8, 4) is 11.5 Å². The summed E-state index contributed by atoms with van der Waals surface area (Å²) < 4.78 is 44.1. The minimum absolute atomic E-state index is 0.0715. The fourth-order valence-electron chi connectivity index (χ4n) is 5.30. The molecule has 0 saturated carbocycles. The van der Waals surface area contributed by atoms with Crippen LogP contribution >= 0.6 is 0 Å². The number of fused-ring (bicyclic) bond motifs is 3. The van der Waals surface area contributed by atoms with Gasteiger partial charge in [0, 0.05) is 17.4 Å². The van der Waals surface area contributed by atoms with Crippen molar-refractivity contribution < 1.29 is 18.0 Å². The summed E-state index contributed by atoms with van der Waals surface area (Å²) in [6.07, 6.45) is -1.93. The fraction of sp³-hybridized carbons (Fsp3) is 0.161. The number of aromatic nitrogens is 3. The Labute approximate surface area is 229 Å². The maximum Gasteiger partial charge on any atom is 0.416 e. The van der Waals surface area contributed by atoms with Crippen LogP contribution in [-0.4, -0.2) is 25.3 Å². The predicted octanol–water partition coefficient (Wildman–Crippen LogP) is 7.38. The van der Waals surface area contributed by atoms with Crippen molar-refractivity contribution in [2.45, 2.75) is 32.1 Å². The normalized spacial score (nSPS) is 14.8. The Morgan fingerprint density at radius 1 is 0.950 bits per heavy atom. The van der Waals surface area contributed by atoms with Crippen LogP contribution in [0.5, 0.6) is 0 Å². The van der Waals surface area contributed by atoms with E-state index in [4.69, 9.17) is 5.10 Å². The fourth-order valence-corrected chi connectivity index (χ4v) is 5.30. The third-order valence-electron chi connectivity index (χ3n) is 7.12. The first-order valence-electron chi connectivity index (χ1n) is 13.0. The van der Waals surface area contributed by atoms with Crippen LogP contribution in [0.3, 0.4) is 0 Å². The highest BCUT2D eigenvalue weighted by atomic mass is 19.4. The number of hydrogen-bond donors (Lipinski definition) is 1. The summed E-state index contributed by atoms with van der Waals surface area (Å²) in [6, 6.07) is 27.0. The molecule has 2 amide bonds. The molecule has 3 heterocycles. The molecular formula is C31H26F3N5O. The number of alkyl halides is 3. The van der Waals surface area contributed by atoms with Crippen molar-refractivity contribution in [2.24, 2.45) is 0 Å². The van der Waals surface area contributed by atoms with Crippen LogP contribution in [0.2, 0.25) is 0 Å². The second-order valence-corrected chi connectivity index (χ2v) is 9.60. The minimum Gasteiger partial charge on any atom is -0.308 e. The zero-order valence-electron chi connectivity index (χ0n) is 21.6. The average molecular weight is 542 g/mol. The van der Waals surface area contributed by atoms with Gasteiger partial charge in [0.25, 0.3) is 0 Å². The molecule has 9 heteroatoms. The number of rotatable bonds is 4. The van der Waals surface area contributed by atoms with Crippen molar-refractivity contribution in [1.29, 1.82) is 0 Å². The van der Waals surface area contributed by atoms with Gasteiger partial charge in [-0.05, 0) is 54.4 Å². The summed E-state index contributed by atoms with van der Waals surface area (Å²) in [5.41, 5.74) is 3.56. The highest BCUT2D eigenvalue weighted by Gasteiger charge is 2.37. The number of para-hydroxylation sites is 1. The van der Waals surface area contributed by atoms with Gasteiger partial charge in [0.2, 0.25) is 0 Å². The Morgan fingerprint density at radius 2 is 1.68 bits per heavy atom. The Kier molecular flexibility index (Phi) is 6.42. The molecule has 0 radical (unpaired) electrons. The zero-order valence-corrected chi connectivity index (χ0v) is 21.6. The summed E-state index contributed by atoms with van der Waals surface area (Å²) >= 11 is 0. The highest BCUT2D eigenvalue weighted by molar-refractivity contribution is 5.90. The Balaban J connectivity index is 1.51. The smallest absolute Gasteiger partial charge is 0.308 e. The van der Waals surface area contributed by atoms with Gasteiger partial charge >= 0.3 is 12.2 Å². The molecule has 0 aliphatic carbocycles. The Hall–Kier alpha value is -4.79. The largest absolute Gasteiger partial charge is 0.416 e. The van der Waals surface area contributed by atoms with Gasteiger partial charge in [-0.3, -0.25) is 0 Å². The Bertz CT molecular complexity index is 1660. The van der Waals surface area contributed by atoms with E-state index >= 15 is 0 Å². The molecule has 0 saturated heterocycles. The molecule has 3 aromatic carbocycles. The molecule has 202 valence electrons. The lowest BCUT2D eigenvalue weighted by Crippen LogP contribution is -2.38. The topological polar surface area (TPSA) is 55.1 Å². The summed E-state index contributed by atoms with van der Waals surface area (Å²) in [6.45, 7) is 2.22. The van der Waals surface area contributed by atoms with E-state index in [0.29, 0.717) is 6.42 Å². The van der Waals surface area contributed by atoms with Crippen molar-refractivity contribution in [2.75, 3.05) is 5.32 Å². The summed E-state index contributed by atoms with van der Waals surface area (Å²) in [5, 5.41) is 7.66. The van der Waals surface area contributed by atoms with Gasteiger partial charge in [0.15, 0.2) is 0 Å². The molecule has 5 aromatic rings. The monoisotopic (exact) mass is 541 g/mol. The average Bonchev–Trinajstić information content (AvgIpc) is 3.54. The maximum absolute atomic E-state index is 14.0. The van der Waals surface area contributed by atoms with Crippen LogP contribution in [0.1, 0.15) is 41.0 Å². The first-order chi connectivity index (χ1) is 19.3. The molecule has 0 bridgehead atoms. The third kappa shape index (κ3) is 4.53. The number of halogens is 3. The van der Waals surface area contributed by atoms with Crippen LogP contribution in [-0.2, 0) is 19.1 Å². The molecule has 6 nitrogen and oxygen atoms in total. The number of nitrogens with zero attached hydrogens (tertiary/aromatic N) is 4. The molecule has 2 aromatic heterocycles. The second-order valence-electron chi connectivity index (χ2n) is 9.60. The molecule has 40 heavy (non-hydrogen) atoms. The Morgan fingerprint density at radius 3 is 2.38 bits per heavy atom. The molecule has 0 fully saturated rings. The zero-order chi connectivity index (χ0) is 27.9. The van der Waals surface area contributed by atoms with Crippen LogP contribution in [0.4, 0.5) is 23.7 Å². The maximum atomic E-state index is 14.0. The number of benzene rings is 3. The van der Waals surface area contributed by atoms with Gasteiger partial charge in [-0.25, -0.2) is 9.48 Å². The molecule has 0 unspecified atom stereocenters. The van der Waals surface area contributed by atoms with E-state index < -0.39 is 23.8 Å². The SMILES string of the molecule is CCc1nn(-c2ccccc2)c2c1CN(C(=O)Nc1cccc(C(F)(F)F)c1)[C@H](c1ccccc1)c1cccn1-2. The quantitative estimate of drug-likeness (QED) is 0.258. The molecule has 1 atom stereocenters. The van der Waals surface area contributed by atoms with Gasteiger partial charge in [0.1, 0.15) is 5.82 Å². The number of nitrogens with one attached hydrogen (secondary N) is 1. The van der Waals surface area contributed by atoms with E-state index in [1.165, 1.54) is 12.1 Å². The van der Waals surface area contributed by atoms with Crippen LogP contribution in [0.25, 0.3) is 11.5 Å². The number of anilines is 1.